The highest BCUT2D eigenvalue weighted by Gasteiger charge is 2.32. The van der Waals surface area contributed by atoms with Crippen LogP contribution in [0.3, 0.4) is 0 Å². The van der Waals surface area contributed by atoms with E-state index in [0.29, 0.717) is 32.5 Å². The number of rotatable bonds is 5. The van der Waals surface area contributed by atoms with Crippen LogP contribution in [0.5, 0.6) is 0 Å². The van der Waals surface area contributed by atoms with Crippen molar-refractivity contribution in [2.75, 3.05) is 33.7 Å². The highest BCUT2D eigenvalue weighted by atomic mass is 16.6. The van der Waals surface area contributed by atoms with Crippen molar-refractivity contribution >= 4 is 11.9 Å². The number of Topliss-reactive ketones (excluding diaryl/α,β-unsaturated/α-hetero) is 1. The molecule has 122 valence electrons. The molecule has 6 heteroatoms. The summed E-state index contributed by atoms with van der Waals surface area (Å²) in [6.07, 6.45) is 1.13. The van der Waals surface area contributed by atoms with Crippen molar-refractivity contribution in [3.05, 3.63) is 0 Å². The predicted molar refractivity (Wildman–Crippen MR) is 82.3 cm³/mol. The van der Waals surface area contributed by atoms with Crippen molar-refractivity contribution in [1.82, 2.24) is 15.5 Å². The number of likely N-dealkylation sites (N-methyl/N-ethyl adjacent to an activating group) is 2. The number of hydrogen-bond acceptors (Lipinski definition) is 5. The topological polar surface area (TPSA) is 70.7 Å². The number of ketones is 1. The molecule has 1 saturated heterocycles. The predicted octanol–water partition coefficient (Wildman–Crippen LogP) is 1.01. The Hall–Kier alpha value is -1.14. The lowest BCUT2D eigenvalue weighted by atomic mass is 9.89. The minimum absolute atomic E-state index is 0.0227. The average Bonchev–Trinajstić information content (AvgIpc) is 2.42. The summed E-state index contributed by atoms with van der Waals surface area (Å²) in [4.78, 5) is 26.1. The first-order valence-electron chi connectivity index (χ1n) is 7.62. The molecule has 2 N–H and O–H groups in total. The van der Waals surface area contributed by atoms with Crippen molar-refractivity contribution in [1.29, 1.82) is 0 Å². The number of likely N-dealkylation sites (tertiary alicyclic amines) is 1. The molecule has 0 aromatic rings. The summed E-state index contributed by atoms with van der Waals surface area (Å²) >= 11 is 0. The zero-order chi connectivity index (χ0) is 16.0. The molecular weight excluding hydrogens is 270 g/mol. The van der Waals surface area contributed by atoms with E-state index in [1.807, 2.05) is 27.8 Å². The molecule has 0 aromatic carbocycles. The first-order chi connectivity index (χ1) is 9.78. The van der Waals surface area contributed by atoms with E-state index in [0.717, 1.165) is 0 Å². The summed E-state index contributed by atoms with van der Waals surface area (Å²) in [5.41, 5.74) is -0.478. The van der Waals surface area contributed by atoms with Crippen LogP contribution in [0.4, 0.5) is 4.79 Å². The van der Waals surface area contributed by atoms with Gasteiger partial charge in [-0.1, -0.05) is 0 Å². The summed E-state index contributed by atoms with van der Waals surface area (Å²) in [5, 5.41) is 6.07. The third-order valence-corrected chi connectivity index (χ3v) is 3.65. The molecule has 0 saturated carbocycles. The second-order valence-corrected chi connectivity index (χ2v) is 6.54. The largest absolute Gasteiger partial charge is 0.444 e. The monoisotopic (exact) mass is 299 g/mol. The van der Waals surface area contributed by atoms with Crippen molar-refractivity contribution in [3.8, 4) is 0 Å². The number of piperidine rings is 1. The maximum Gasteiger partial charge on any atom is 0.410 e. The van der Waals surface area contributed by atoms with Crippen LogP contribution in [0.1, 0.15) is 33.6 Å². The van der Waals surface area contributed by atoms with E-state index in [-0.39, 0.29) is 23.8 Å². The lowest BCUT2D eigenvalue weighted by Gasteiger charge is -2.34. The molecule has 0 aromatic heterocycles. The van der Waals surface area contributed by atoms with Crippen LogP contribution < -0.4 is 10.6 Å². The number of ether oxygens (including phenoxy) is 1. The van der Waals surface area contributed by atoms with Crippen LogP contribution >= 0.6 is 0 Å². The van der Waals surface area contributed by atoms with Gasteiger partial charge in [0.05, 0.1) is 6.04 Å². The maximum atomic E-state index is 12.4. The second kappa shape index (κ2) is 7.75. The lowest BCUT2D eigenvalue weighted by molar-refractivity contribution is -0.126. The van der Waals surface area contributed by atoms with Crippen molar-refractivity contribution in [3.63, 3.8) is 0 Å². The third-order valence-electron chi connectivity index (χ3n) is 3.65. The SMILES string of the molecule is CNCC(NC)C(=O)C1CCN(C(=O)OC(C)(C)C)CC1. The van der Waals surface area contributed by atoms with Crippen LogP contribution in [0.25, 0.3) is 0 Å². The molecule has 0 aliphatic carbocycles. The van der Waals surface area contributed by atoms with E-state index < -0.39 is 5.60 Å². The van der Waals surface area contributed by atoms with Crippen LogP contribution in [0.15, 0.2) is 0 Å². The Bertz CT molecular complexity index is 358. The number of hydrogen-bond donors (Lipinski definition) is 2. The van der Waals surface area contributed by atoms with E-state index in [4.69, 9.17) is 4.74 Å². The van der Waals surface area contributed by atoms with Crippen LogP contribution in [-0.4, -0.2) is 62.1 Å². The molecule has 1 unspecified atom stereocenters. The molecule has 1 aliphatic rings. The Morgan fingerprint density at radius 1 is 1.24 bits per heavy atom. The van der Waals surface area contributed by atoms with Gasteiger partial charge >= 0.3 is 6.09 Å². The van der Waals surface area contributed by atoms with Gasteiger partial charge in [-0.25, -0.2) is 4.79 Å². The summed E-state index contributed by atoms with van der Waals surface area (Å²) < 4.78 is 5.36. The van der Waals surface area contributed by atoms with Crippen LogP contribution in [-0.2, 0) is 9.53 Å². The second-order valence-electron chi connectivity index (χ2n) is 6.54. The smallest absolute Gasteiger partial charge is 0.410 e. The zero-order valence-electron chi connectivity index (χ0n) is 13.9. The first-order valence-corrected chi connectivity index (χ1v) is 7.62. The standard InChI is InChI=1S/C15H29N3O3/c1-15(2,3)21-14(20)18-8-6-11(7-9-18)13(19)12(17-5)10-16-4/h11-12,16-17H,6-10H2,1-5H3. The molecule has 1 heterocycles. The fourth-order valence-corrected chi connectivity index (χ4v) is 2.51. The quantitative estimate of drug-likeness (QED) is 0.793. The van der Waals surface area contributed by atoms with Crippen LogP contribution in [0.2, 0.25) is 0 Å². The minimum atomic E-state index is -0.478. The first kappa shape index (κ1) is 17.9. The Morgan fingerprint density at radius 3 is 2.24 bits per heavy atom. The molecule has 0 radical (unpaired) electrons. The summed E-state index contributed by atoms with van der Waals surface area (Å²) in [6.45, 7) is 7.37. The van der Waals surface area contributed by atoms with Gasteiger partial charge < -0.3 is 20.3 Å². The van der Waals surface area contributed by atoms with E-state index >= 15 is 0 Å². The Labute approximate surface area is 127 Å². The highest BCUT2D eigenvalue weighted by molar-refractivity contribution is 5.86. The van der Waals surface area contributed by atoms with Crippen molar-refractivity contribution in [2.45, 2.75) is 45.3 Å². The van der Waals surface area contributed by atoms with Crippen LogP contribution in [0, 0.1) is 5.92 Å². The maximum absolute atomic E-state index is 12.4. The Kier molecular flexibility index (Phi) is 6.61. The van der Waals surface area contributed by atoms with Crippen molar-refractivity contribution in [2.24, 2.45) is 5.92 Å². The third kappa shape index (κ3) is 5.63. The molecule has 1 rings (SSSR count). The Morgan fingerprint density at radius 2 is 1.81 bits per heavy atom. The van der Waals surface area contributed by atoms with E-state index in [9.17, 15) is 9.59 Å². The van der Waals surface area contributed by atoms with Gasteiger partial charge in [-0.05, 0) is 47.7 Å². The number of carbonyl (C=O) groups is 2. The molecule has 0 spiro atoms. The average molecular weight is 299 g/mol. The summed E-state index contributed by atoms with van der Waals surface area (Å²) in [5.74, 6) is 0.255. The molecule has 1 aliphatic heterocycles. The minimum Gasteiger partial charge on any atom is -0.444 e. The fourth-order valence-electron chi connectivity index (χ4n) is 2.51. The molecule has 6 nitrogen and oxygen atoms in total. The summed E-state index contributed by atoms with van der Waals surface area (Å²) in [7, 11) is 3.64. The van der Waals surface area contributed by atoms with Gasteiger partial charge in [0, 0.05) is 25.6 Å². The lowest BCUT2D eigenvalue weighted by Crippen LogP contribution is -2.48. The zero-order valence-corrected chi connectivity index (χ0v) is 13.9. The molecule has 1 amide bonds. The molecule has 21 heavy (non-hydrogen) atoms. The van der Waals surface area contributed by atoms with Gasteiger partial charge in [-0.2, -0.15) is 0 Å². The number of carbonyl (C=O) groups excluding carboxylic acids is 2. The van der Waals surface area contributed by atoms with Gasteiger partial charge in [0.2, 0.25) is 0 Å². The van der Waals surface area contributed by atoms with E-state index in [1.165, 1.54) is 0 Å². The van der Waals surface area contributed by atoms with Crippen molar-refractivity contribution < 1.29 is 14.3 Å². The Balaban J connectivity index is 2.48. The van der Waals surface area contributed by atoms with Gasteiger partial charge in [0.15, 0.2) is 5.78 Å². The molecule has 1 atom stereocenters. The van der Waals surface area contributed by atoms with Gasteiger partial charge in [0.25, 0.3) is 0 Å². The number of nitrogens with one attached hydrogen (secondary N) is 2. The van der Waals surface area contributed by atoms with Gasteiger partial charge in [-0.3, -0.25) is 4.79 Å². The van der Waals surface area contributed by atoms with E-state index in [2.05, 4.69) is 10.6 Å². The van der Waals surface area contributed by atoms with Gasteiger partial charge in [-0.15, -0.1) is 0 Å². The van der Waals surface area contributed by atoms with Gasteiger partial charge in [0.1, 0.15) is 5.60 Å². The molecule has 0 bridgehead atoms. The molecule has 1 fully saturated rings. The molecular formula is C15H29N3O3. The van der Waals surface area contributed by atoms with E-state index in [1.54, 1.807) is 11.9 Å². The number of nitrogens with zero attached hydrogens (tertiary/aromatic N) is 1. The normalized spacial score (nSPS) is 18.4. The number of amides is 1. The fraction of sp³-hybridized carbons (Fsp3) is 0.867. The summed E-state index contributed by atoms with van der Waals surface area (Å²) in [6, 6.07) is -0.159. The highest BCUT2D eigenvalue weighted by Crippen LogP contribution is 2.21.